The van der Waals surface area contributed by atoms with E-state index < -0.39 is 10.8 Å². The molecular weight excluding hydrogens is 310 g/mol. The number of carbonyl (C=O) groups excluding carboxylic acids is 1. The topological polar surface area (TPSA) is 55.4 Å². The molecule has 1 saturated carbocycles. The smallest absolute Gasteiger partial charge is 0.248 e. The van der Waals surface area contributed by atoms with Gasteiger partial charge in [-0.05, 0) is 43.4 Å². The summed E-state index contributed by atoms with van der Waals surface area (Å²) in [5.74, 6) is 0.937. The molecule has 23 heavy (non-hydrogen) atoms. The molecule has 2 rings (SSSR count). The van der Waals surface area contributed by atoms with Crippen molar-refractivity contribution in [1.29, 1.82) is 0 Å². The summed E-state index contributed by atoms with van der Waals surface area (Å²) < 4.78 is 16.8. The zero-order chi connectivity index (χ0) is 16.5. The number of ether oxygens (including phenoxy) is 1. The van der Waals surface area contributed by atoms with Crippen LogP contribution in [0.3, 0.4) is 0 Å². The van der Waals surface area contributed by atoms with Crippen molar-refractivity contribution in [2.75, 3.05) is 24.8 Å². The molecule has 1 aliphatic carbocycles. The molecule has 126 valence electrons. The number of rotatable bonds is 7. The molecule has 0 heterocycles. The first-order chi connectivity index (χ1) is 11.2. The Morgan fingerprint density at radius 2 is 2.09 bits per heavy atom. The van der Waals surface area contributed by atoms with Gasteiger partial charge >= 0.3 is 0 Å². The number of methoxy groups -OCH3 is 1. The van der Waals surface area contributed by atoms with E-state index in [0.717, 1.165) is 24.1 Å². The first-order valence-electron chi connectivity index (χ1n) is 8.10. The van der Waals surface area contributed by atoms with Crippen molar-refractivity contribution in [3.8, 4) is 0 Å². The second-order valence-corrected chi connectivity index (χ2v) is 7.41. The van der Waals surface area contributed by atoms with Gasteiger partial charge in [-0.1, -0.05) is 24.1 Å². The van der Waals surface area contributed by atoms with E-state index in [-0.39, 0.29) is 5.91 Å². The van der Waals surface area contributed by atoms with Crippen LogP contribution in [0.15, 0.2) is 35.9 Å². The molecule has 5 heteroatoms. The van der Waals surface area contributed by atoms with Crippen LogP contribution < -0.4 is 5.32 Å². The van der Waals surface area contributed by atoms with Gasteiger partial charge in [0.25, 0.3) is 0 Å². The minimum absolute atomic E-state index is 0.0699. The summed E-state index contributed by atoms with van der Waals surface area (Å²) >= 11 is 0. The Hall–Kier alpha value is -1.46. The molecule has 1 aromatic carbocycles. The molecule has 0 saturated heterocycles. The van der Waals surface area contributed by atoms with Crippen molar-refractivity contribution in [3.63, 3.8) is 0 Å². The third-order valence-electron chi connectivity index (χ3n) is 3.87. The van der Waals surface area contributed by atoms with Crippen LogP contribution in [0.4, 0.5) is 5.69 Å². The van der Waals surface area contributed by atoms with E-state index in [1.807, 2.05) is 24.3 Å². The zero-order valence-electron chi connectivity index (χ0n) is 13.7. The molecule has 0 aliphatic heterocycles. The third-order valence-corrected chi connectivity index (χ3v) is 5.15. The Balaban J connectivity index is 1.91. The average Bonchev–Trinajstić information content (AvgIpc) is 2.54. The highest BCUT2D eigenvalue weighted by Gasteiger charge is 2.08. The quantitative estimate of drug-likeness (QED) is 0.777. The summed E-state index contributed by atoms with van der Waals surface area (Å²) in [5, 5.41) is 2.91. The molecule has 1 aliphatic rings. The third kappa shape index (κ3) is 6.67. The summed E-state index contributed by atoms with van der Waals surface area (Å²) in [4.78, 5) is 12.1. The number of nitrogens with one attached hydrogen (secondary N) is 1. The number of carbonyl (C=O) groups is 1. The van der Waals surface area contributed by atoms with Crippen molar-refractivity contribution in [2.24, 2.45) is 0 Å². The molecule has 1 fully saturated rings. The van der Waals surface area contributed by atoms with Crippen molar-refractivity contribution >= 4 is 22.4 Å². The van der Waals surface area contributed by atoms with Gasteiger partial charge in [0, 0.05) is 41.2 Å². The minimum Gasteiger partial charge on any atom is -0.384 e. The van der Waals surface area contributed by atoms with Gasteiger partial charge in [0.15, 0.2) is 0 Å². The minimum atomic E-state index is -0.947. The van der Waals surface area contributed by atoms with Gasteiger partial charge in [0.1, 0.15) is 0 Å². The fraction of sp³-hybridized carbons (Fsp3) is 0.500. The highest BCUT2D eigenvalue weighted by atomic mass is 32.2. The van der Waals surface area contributed by atoms with Crippen molar-refractivity contribution in [3.05, 3.63) is 41.5 Å². The molecular formula is C18H25NO3S. The normalized spacial score (nSPS) is 16.0. The zero-order valence-corrected chi connectivity index (χ0v) is 14.5. The highest BCUT2D eigenvalue weighted by Crippen LogP contribution is 2.22. The number of hydrogen-bond acceptors (Lipinski definition) is 3. The lowest BCUT2D eigenvalue weighted by molar-refractivity contribution is -0.112. The first-order valence-corrected chi connectivity index (χ1v) is 9.59. The molecule has 1 aromatic rings. The van der Waals surface area contributed by atoms with E-state index in [1.54, 1.807) is 13.2 Å². The summed E-state index contributed by atoms with van der Waals surface area (Å²) in [6.45, 7) is 0.497. The Morgan fingerprint density at radius 3 is 2.83 bits per heavy atom. The van der Waals surface area contributed by atoms with Crippen LogP contribution in [0.1, 0.15) is 37.7 Å². The molecule has 1 amide bonds. The van der Waals surface area contributed by atoms with Crippen molar-refractivity contribution in [1.82, 2.24) is 0 Å². The summed E-state index contributed by atoms with van der Waals surface area (Å²) in [6, 6.07) is 7.56. The van der Waals surface area contributed by atoms with E-state index in [2.05, 4.69) is 5.32 Å². The largest absolute Gasteiger partial charge is 0.384 e. The van der Waals surface area contributed by atoms with Gasteiger partial charge in [-0.3, -0.25) is 9.00 Å². The number of benzene rings is 1. The molecule has 4 nitrogen and oxygen atoms in total. The molecule has 0 radical (unpaired) electrons. The molecule has 0 spiro atoms. The van der Waals surface area contributed by atoms with Crippen LogP contribution in [0, 0.1) is 0 Å². The van der Waals surface area contributed by atoms with Crippen LogP contribution in [-0.4, -0.2) is 29.6 Å². The average molecular weight is 335 g/mol. The highest BCUT2D eigenvalue weighted by molar-refractivity contribution is 7.84. The second-order valence-electron chi connectivity index (χ2n) is 5.83. The molecule has 1 N–H and O–H groups in total. The fourth-order valence-electron chi connectivity index (χ4n) is 2.69. The Morgan fingerprint density at radius 1 is 1.30 bits per heavy atom. The van der Waals surface area contributed by atoms with Gasteiger partial charge in [-0.15, -0.1) is 0 Å². The maximum atomic E-state index is 12.1. The van der Waals surface area contributed by atoms with Gasteiger partial charge in [0.05, 0.1) is 6.61 Å². The number of allylic oxidation sites excluding steroid dienone is 1. The lowest BCUT2D eigenvalue weighted by atomic mass is 9.94. The van der Waals surface area contributed by atoms with Crippen molar-refractivity contribution < 1.29 is 13.7 Å². The van der Waals surface area contributed by atoms with E-state index in [0.29, 0.717) is 18.1 Å². The van der Waals surface area contributed by atoms with Gasteiger partial charge in [0.2, 0.25) is 5.91 Å². The van der Waals surface area contributed by atoms with E-state index >= 15 is 0 Å². The number of hydrogen-bond donors (Lipinski definition) is 1. The van der Waals surface area contributed by atoms with Crippen LogP contribution in [0.25, 0.3) is 0 Å². The number of amides is 1. The maximum Gasteiger partial charge on any atom is 0.248 e. The van der Waals surface area contributed by atoms with Crippen LogP contribution in [-0.2, 0) is 26.1 Å². The fourth-order valence-corrected chi connectivity index (χ4v) is 3.74. The van der Waals surface area contributed by atoms with Crippen LogP contribution in [0.5, 0.6) is 0 Å². The standard InChI is InChI=1S/C18H25NO3S/c1-22-10-11-23(21)14-16-8-5-9-17(12-16)19-18(20)13-15-6-3-2-4-7-15/h5,8-9,12-13H,2-4,6-7,10-11,14H2,1H3,(H,19,20)/t23-/m1/s1. The van der Waals surface area contributed by atoms with E-state index in [4.69, 9.17) is 4.74 Å². The van der Waals surface area contributed by atoms with Gasteiger partial charge in [-0.2, -0.15) is 0 Å². The predicted octanol–water partition coefficient (Wildman–Crippen LogP) is 3.41. The van der Waals surface area contributed by atoms with E-state index in [9.17, 15) is 9.00 Å². The molecule has 0 aromatic heterocycles. The summed E-state index contributed by atoms with van der Waals surface area (Å²) in [5.41, 5.74) is 2.96. The first kappa shape index (κ1) is 17.9. The maximum absolute atomic E-state index is 12.1. The molecule has 1 atom stereocenters. The Kier molecular flexibility index (Phi) is 7.49. The lowest BCUT2D eigenvalue weighted by Crippen LogP contribution is -2.11. The molecule has 0 bridgehead atoms. The summed E-state index contributed by atoms with van der Waals surface area (Å²) in [7, 11) is 0.658. The van der Waals surface area contributed by atoms with E-state index in [1.165, 1.54) is 24.8 Å². The monoisotopic (exact) mass is 335 g/mol. The second kappa shape index (κ2) is 9.63. The van der Waals surface area contributed by atoms with Crippen LogP contribution >= 0.6 is 0 Å². The Bertz CT molecular complexity index is 575. The van der Waals surface area contributed by atoms with Crippen molar-refractivity contribution in [2.45, 2.75) is 37.9 Å². The predicted molar refractivity (Wildman–Crippen MR) is 94.8 cm³/mol. The number of anilines is 1. The Labute approximate surface area is 140 Å². The lowest BCUT2D eigenvalue weighted by Gasteiger charge is -2.13. The van der Waals surface area contributed by atoms with Gasteiger partial charge < -0.3 is 10.1 Å². The van der Waals surface area contributed by atoms with Gasteiger partial charge in [-0.25, -0.2) is 0 Å². The summed E-state index contributed by atoms with van der Waals surface area (Å²) in [6.07, 6.45) is 7.44. The van der Waals surface area contributed by atoms with Crippen LogP contribution in [0.2, 0.25) is 0 Å². The SMILES string of the molecule is COCC[S@@](=O)Cc1cccc(NC(=O)C=C2CCCCC2)c1. The molecule has 0 unspecified atom stereocenters.